The average molecular weight is 336 g/mol. The lowest BCUT2D eigenvalue weighted by molar-refractivity contribution is -0.134. The molecule has 1 saturated carbocycles. The number of hydrogen-bond acceptors (Lipinski definition) is 3. The molecule has 2 atom stereocenters. The average Bonchev–Trinajstić information content (AvgIpc) is 3.40. The molecule has 2 heterocycles. The third-order valence-corrected chi connectivity index (χ3v) is 5.06. The molecule has 1 aromatic heterocycles. The highest BCUT2D eigenvalue weighted by Crippen LogP contribution is 2.40. The SMILES string of the molecule is O=C1CCCN1[C@@H](c1ccccn1)[C@@H](OCC1CC1)c1ccccc1. The highest BCUT2D eigenvalue weighted by molar-refractivity contribution is 5.78. The standard InChI is InChI=1S/C21H24N2O2/c24-19-10-6-14-23(19)20(18-9-4-5-13-22-18)21(25-15-16-11-12-16)17-7-2-1-3-8-17/h1-5,7-9,13,16,20-21H,6,10-12,14-15H2/t20-,21-/m0/s1. The van der Waals surface area contributed by atoms with Gasteiger partial charge in [-0.05, 0) is 42.9 Å². The van der Waals surface area contributed by atoms with E-state index in [0.717, 1.165) is 30.8 Å². The highest BCUT2D eigenvalue weighted by atomic mass is 16.5. The summed E-state index contributed by atoms with van der Waals surface area (Å²) in [5.41, 5.74) is 2.01. The van der Waals surface area contributed by atoms with Crippen LogP contribution in [0.3, 0.4) is 0 Å². The minimum absolute atomic E-state index is 0.169. The van der Waals surface area contributed by atoms with Crippen LogP contribution in [-0.4, -0.2) is 28.9 Å². The fourth-order valence-corrected chi connectivity index (χ4v) is 3.53. The second kappa shape index (κ2) is 7.36. The fourth-order valence-electron chi connectivity index (χ4n) is 3.53. The minimum Gasteiger partial charge on any atom is -0.371 e. The van der Waals surface area contributed by atoms with Crippen LogP contribution in [-0.2, 0) is 9.53 Å². The molecule has 4 rings (SSSR count). The van der Waals surface area contributed by atoms with Gasteiger partial charge in [-0.15, -0.1) is 0 Å². The van der Waals surface area contributed by atoms with Gasteiger partial charge in [-0.1, -0.05) is 36.4 Å². The van der Waals surface area contributed by atoms with E-state index in [0.29, 0.717) is 12.3 Å². The Morgan fingerprint density at radius 3 is 2.56 bits per heavy atom. The Hall–Kier alpha value is -2.20. The Kier molecular flexibility index (Phi) is 4.79. The van der Waals surface area contributed by atoms with Crippen LogP contribution < -0.4 is 0 Å². The first-order valence-corrected chi connectivity index (χ1v) is 9.20. The molecule has 2 aromatic rings. The number of carbonyl (C=O) groups is 1. The lowest BCUT2D eigenvalue weighted by Gasteiger charge is -2.34. The van der Waals surface area contributed by atoms with Crippen molar-refractivity contribution in [2.45, 2.75) is 37.8 Å². The molecule has 25 heavy (non-hydrogen) atoms. The Balaban J connectivity index is 1.70. The summed E-state index contributed by atoms with van der Waals surface area (Å²) < 4.78 is 6.40. The summed E-state index contributed by atoms with van der Waals surface area (Å²) in [5.74, 6) is 0.872. The van der Waals surface area contributed by atoms with E-state index in [1.165, 1.54) is 12.8 Å². The van der Waals surface area contributed by atoms with Crippen molar-refractivity contribution >= 4 is 5.91 Å². The summed E-state index contributed by atoms with van der Waals surface area (Å²) in [6.07, 6.45) is 5.64. The van der Waals surface area contributed by atoms with Crippen molar-refractivity contribution in [3.63, 3.8) is 0 Å². The van der Waals surface area contributed by atoms with Gasteiger partial charge < -0.3 is 9.64 Å². The molecule has 130 valence electrons. The van der Waals surface area contributed by atoms with Crippen LogP contribution in [0.5, 0.6) is 0 Å². The first-order valence-electron chi connectivity index (χ1n) is 9.20. The van der Waals surface area contributed by atoms with E-state index in [9.17, 15) is 4.79 Å². The molecule has 4 heteroatoms. The van der Waals surface area contributed by atoms with Gasteiger partial charge in [-0.2, -0.15) is 0 Å². The zero-order valence-electron chi connectivity index (χ0n) is 14.4. The predicted octanol–water partition coefficient (Wildman–Crippen LogP) is 3.91. The molecule has 1 amide bonds. The van der Waals surface area contributed by atoms with Crippen LogP contribution in [0.25, 0.3) is 0 Å². The van der Waals surface area contributed by atoms with E-state index in [4.69, 9.17) is 4.74 Å². The molecule has 0 spiro atoms. The minimum atomic E-state index is -0.182. The highest BCUT2D eigenvalue weighted by Gasteiger charge is 2.38. The summed E-state index contributed by atoms with van der Waals surface area (Å²) in [7, 11) is 0. The molecule has 0 radical (unpaired) electrons. The van der Waals surface area contributed by atoms with Crippen LogP contribution >= 0.6 is 0 Å². The third kappa shape index (κ3) is 3.74. The van der Waals surface area contributed by atoms with Gasteiger partial charge in [0.15, 0.2) is 0 Å². The first-order chi connectivity index (χ1) is 12.3. The number of carbonyl (C=O) groups excluding carboxylic acids is 1. The van der Waals surface area contributed by atoms with Crippen molar-refractivity contribution in [3.05, 3.63) is 66.0 Å². The smallest absolute Gasteiger partial charge is 0.223 e. The van der Waals surface area contributed by atoms with Gasteiger partial charge in [0.1, 0.15) is 12.1 Å². The lowest BCUT2D eigenvalue weighted by Crippen LogP contribution is -2.35. The van der Waals surface area contributed by atoms with Gasteiger partial charge in [0, 0.05) is 19.2 Å². The Morgan fingerprint density at radius 2 is 1.92 bits per heavy atom. The number of pyridine rings is 1. The number of amides is 1. The molecule has 1 aliphatic carbocycles. The van der Waals surface area contributed by atoms with E-state index < -0.39 is 0 Å². The largest absolute Gasteiger partial charge is 0.371 e. The number of benzene rings is 1. The topological polar surface area (TPSA) is 42.4 Å². The fraction of sp³-hybridized carbons (Fsp3) is 0.429. The summed E-state index contributed by atoms with van der Waals surface area (Å²) >= 11 is 0. The van der Waals surface area contributed by atoms with E-state index >= 15 is 0 Å². The van der Waals surface area contributed by atoms with E-state index in [1.54, 1.807) is 6.20 Å². The Morgan fingerprint density at radius 1 is 1.12 bits per heavy atom. The van der Waals surface area contributed by atoms with Gasteiger partial charge in [0.25, 0.3) is 0 Å². The summed E-state index contributed by atoms with van der Waals surface area (Å²) in [6.45, 7) is 1.53. The molecule has 1 saturated heterocycles. The predicted molar refractivity (Wildman–Crippen MR) is 95.8 cm³/mol. The van der Waals surface area contributed by atoms with Crippen molar-refractivity contribution < 1.29 is 9.53 Å². The monoisotopic (exact) mass is 336 g/mol. The maximum atomic E-state index is 12.5. The van der Waals surface area contributed by atoms with Crippen LogP contribution in [0.1, 0.15) is 49.1 Å². The normalized spacial score (nSPS) is 19.8. The summed E-state index contributed by atoms with van der Waals surface area (Å²) in [6, 6.07) is 16.0. The number of hydrogen-bond donors (Lipinski definition) is 0. The summed E-state index contributed by atoms with van der Waals surface area (Å²) in [5, 5.41) is 0. The molecule has 1 aromatic carbocycles. The van der Waals surface area contributed by atoms with Crippen molar-refractivity contribution in [1.82, 2.24) is 9.88 Å². The van der Waals surface area contributed by atoms with Gasteiger partial charge in [-0.3, -0.25) is 9.78 Å². The van der Waals surface area contributed by atoms with Gasteiger partial charge in [-0.25, -0.2) is 0 Å². The summed E-state index contributed by atoms with van der Waals surface area (Å²) in [4.78, 5) is 19.1. The van der Waals surface area contributed by atoms with Crippen molar-refractivity contribution in [1.29, 1.82) is 0 Å². The van der Waals surface area contributed by atoms with Crippen molar-refractivity contribution in [2.24, 2.45) is 5.92 Å². The molecule has 2 aliphatic rings. The van der Waals surface area contributed by atoms with Crippen LogP contribution in [0.2, 0.25) is 0 Å². The van der Waals surface area contributed by atoms with Crippen LogP contribution in [0.15, 0.2) is 54.7 Å². The molecule has 0 N–H and O–H groups in total. The molecule has 0 bridgehead atoms. The Labute approximate surface area is 148 Å². The second-order valence-corrected chi connectivity index (χ2v) is 7.00. The van der Waals surface area contributed by atoms with Gasteiger partial charge >= 0.3 is 0 Å². The number of nitrogens with zero attached hydrogens (tertiary/aromatic N) is 2. The number of likely N-dealkylation sites (tertiary alicyclic amines) is 1. The molecule has 1 aliphatic heterocycles. The molecule has 0 unspecified atom stereocenters. The molecular formula is C21H24N2O2. The first kappa shape index (κ1) is 16.3. The van der Waals surface area contributed by atoms with Crippen molar-refractivity contribution in [3.8, 4) is 0 Å². The van der Waals surface area contributed by atoms with Gasteiger partial charge in [0.2, 0.25) is 5.91 Å². The third-order valence-electron chi connectivity index (χ3n) is 5.06. The lowest BCUT2D eigenvalue weighted by atomic mass is 9.97. The Bertz CT molecular complexity index is 700. The van der Waals surface area contributed by atoms with Gasteiger partial charge in [0.05, 0.1) is 12.3 Å². The van der Waals surface area contributed by atoms with Crippen molar-refractivity contribution in [2.75, 3.05) is 13.2 Å². The number of rotatable bonds is 7. The zero-order chi connectivity index (χ0) is 17.1. The maximum absolute atomic E-state index is 12.5. The maximum Gasteiger partial charge on any atom is 0.223 e. The van der Waals surface area contributed by atoms with E-state index in [-0.39, 0.29) is 18.1 Å². The molecule has 2 fully saturated rings. The number of aromatic nitrogens is 1. The molecule has 4 nitrogen and oxygen atoms in total. The van der Waals surface area contributed by atoms with Crippen LogP contribution in [0, 0.1) is 5.92 Å². The zero-order valence-corrected chi connectivity index (χ0v) is 14.4. The quantitative estimate of drug-likeness (QED) is 0.770. The second-order valence-electron chi connectivity index (χ2n) is 7.00. The van der Waals surface area contributed by atoms with E-state index in [2.05, 4.69) is 17.1 Å². The number of ether oxygens (including phenoxy) is 1. The van der Waals surface area contributed by atoms with Crippen LogP contribution in [0.4, 0.5) is 0 Å². The van der Waals surface area contributed by atoms with E-state index in [1.807, 2.05) is 41.3 Å². The molecular weight excluding hydrogens is 312 g/mol.